The van der Waals surface area contributed by atoms with E-state index in [1.54, 1.807) is 7.11 Å². The molecule has 3 heteroatoms. The Hall–Kier alpha value is -0.380. The summed E-state index contributed by atoms with van der Waals surface area (Å²) in [5, 5.41) is 0. The lowest BCUT2D eigenvalue weighted by molar-refractivity contribution is 0.0136. The second-order valence-corrected chi connectivity index (χ2v) is 5.25. The zero-order valence-corrected chi connectivity index (χ0v) is 11.1. The molecule has 0 N–H and O–H groups in total. The van der Waals surface area contributed by atoms with Crippen molar-refractivity contribution in [2.24, 2.45) is 0 Å². The standard InChI is InChI=1S/C13H17BrO2/c1-15-10-13(5-7-16-8-6-13)11-3-2-4-12(14)9-11/h2-4,9H,5-8,10H2,1H3. The molecule has 16 heavy (non-hydrogen) atoms. The summed E-state index contributed by atoms with van der Waals surface area (Å²) in [6.45, 7) is 2.43. The van der Waals surface area contributed by atoms with Gasteiger partial charge in [0.05, 0.1) is 6.61 Å². The fourth-order valence-electron chi connectivity index (χ4n) is 2.37. The molecule has 0 saturated carbocycles. The van der Waals surface area contributed by atoms with Crippen LogP contribution in [-0.4, -0.2) is 26.9 Å². The summed E-state index contributed by atoms with van der Waals surface area (Å²) < 4.78 is 12.0. The van der Waals surface area contributed by atoms with Gasteiger partial charge in [-0.3, -0.25) is 0 Å². The molecular formula is C13H17BrO2. The third-order valence-electron chi connectivity index (χ3n) is 3.31. The molecule has 1 aromatic carbocycles. The highest BCUT2D eigenvalue weighted by Gasteiger charge is 2.34. The minimum absolute atomic E-state index is 0.136. The van der Waals surface area contributed by atoms with E-state index >= 15 is 0 Å². The molecule has 1 aliphatic heterocycles. The Balaban J connectivity index is 2.30. The Morgan fingerprint density at radius 1 is 1.38 bits per heavy atom. The number of hydrogen-bond donors (Lipinski definition) is 0. The maximum Gasteiger partial charge on any atom is 0.0560 e. The van der Waals surface area contributed by atoms with Crippen LogP contribution in [0.4, 0.5) is 0 Å². The van der Waals surface area contributed by atoms with Gasteiger partial charge in [-0.15, -0.1) is 0 Å². The van der Waals surface area contributed by atoms with Gasteiger partial charge in [-0.25, -0.2) is 0 Å². The van der Waals surface area contributed by atoms with Crippen LogP contribution in [0.1, 0.15) is 18.4 Å². The first-order chi connectivity index (χ1) is 7.77. The van der Waals surface area contributed by atoms with Gasteiger partial charge in [0, 0.05) is 30.2 Å². The molecule has 0 amide bonds. The molecule has 2 rings (SSSR count). The van der Waals surface area contributed by atoms with E-state index in [4.69, 9.17) is 9.47 Å². The van der Waals surface area contributed by atoms with Gasteiger partial charge in [0.25, 0.3) is 0 Å². The van der Waals surface area contributed by atoms with Crippen molar-refractivity contribution in [2.75, 3.05) is 26.9 Å². The van der Waals surface area contributed by atoms with E-state index in [0.29, 0.717) is 0 Å². The van der Waals surface area contributed by atoms with Gasteiger partial charge in [0.15, 0.2) is 0 Å². The number of hydrogen-bond acceptors (Lipinski definition) is 2. The molecule has 1 heterocycles. The van der Waals surface area contributed by atoms with E-state index in [2.05, 4.69) is 40.2 Å². The highest BCUT2D eigenvalue weighted by Crippen LogP contribution is 2.36. The van der Waals surface area contributed by atoms with Gasteiger partial charge in [0.2, 0.25) is 0 Å². The van der Waals surface area contributed by atoms with Crippen LogP contribution in [0.2, 0.25) is 0 Å². The molecule has 0 atom stereocenters. The van der Waals surface area contributed by atoms with Crippen molar-refractivity contribution in [2.45, 2.75) is 18.3 Å². The van der Waals surface area contributed by atoms with Crippen molar-refractivity contribution in [1.29, 1.82) is 0 Å². The molecule has 88 valence electrons. The van der Waals surface area contributed by atoms with E-state index in [1.807, 2.05) is 0 Å². The number of ether oxygens (including phenoxy) is 2. The van der Waals surface area contributed by atoms with Crippen LogP contribution in [0.5, 0.6) is 0 Å². The number of halogens is 1. The van der Waals surface area contributed by atoms with Crippen molar-refractivity contribution >= 4 is 15.9 Å². The number of benzene rings is 1. The SMILES string of the molecule is COCC1(c2cccc(Br)c2)CCOCC1. The summed E-state index contributed by atoms with van der Waals surface area (Å²) >= 11 is 3.53. The first kappa shape index (κ1) is 12.1. The van der Waals surface area contributed by atoms with Crippen molar-refractivity contribution in [3.05, 3.63) is 34.3 Å². The largest absolute Gasteiger partial charge is 0.384 e. The lowest BCUT2D eigenvalue weighted by Gasteiger charge is -2.37. The molecule has 0 aliphatic carbocycles. The van der Waals surface area contributed by atoms with E-state index in [0.717, 1.165) is 37.1 Å². The fourth-order valence-corrected chi connectivity index (χ4v) is 2.77. The maximum absolute atomic E-state index is 5.46. The van der Waals surface area contributed by atoms with Gasteiger partial charge >= 0.3 is 0 Å². The fraction of sp³-hybridized carbons (Fsp3) is 0.538. The van der Waals surface area contributed by atoms with Gasteiger partial charge in [0.1, 0.15) is 0 Å². The van der Waals surface area contributed by atoms with Crippen LogP contribution < -0.4 is 0 Å². The summed E-state index contributed by atoms with van der Waals surface area (Å²) in [6, 6.07) is 8.54. The first-order valence-electron chi connectivity index (χ1n) is 5.60. The zero-order chi connectivity index (χ0) is 11.4. The number of rotatable bonds is 3. The van der Waals surface area contributed by atoms with Crippen LogP contribution in [0, 0.1) is 0 Å². The topological polar surface area (TPSA) is 18.5 Å². The number of methoxy groups -OCH3 is 1. The summed E-state index contributed by atoms with van der Waals surface area (Å²) in [7, 11) is 1.77. The average Bonchev–Trinajstić information content (AvgIpc) is 2.31. The van der Waals surface area contributed by atoms with Gasteiger partial charge in [-0.05, 0) is 30.5 Å². The Bertz CT molecular complexity index is 340. The molecule has 0 aromatic heterocycles. The smallest absolute Gasteiger partial charge is 0.0560 e. The van der Waals surface area contributed by atoms with E-state index in [1.165, 1.54) is 5.56 Å². The first-order valence-corrected chi connectivity index (χ1v) is 6.39. The predicted octanol–water partition coefficient (Wildman–Crippen LogP) is 3.14. The van der Waals surface area contributed by atoms with E-state index < -0.39 is 0 Å². The minimum atomic E-state index is 0.136. The normalized spacial score (nSPS) is 19.6. The van der Waals surface area contributed by atoms with Crippen molar-refractivity contribution in [3.63, 3.8) is 0 Å². The molecule has 1 aliphatic rings. The van der Waals surface area contributed by atoms with E-state index in [9.17, 15) is 0 Å². The molecule has 1 saturated heterocycles. The van der Waals surface area contributed by atoms with Gasteiger partial charge in [-0.2, -0.15) is 0 Å². The maximum atomic E-state index is 5.46. The summed E-state index contributed by atoms with van der Waals surface area (Å²) in [6.07, 6.45) is 2.08. The zero-order valence-electron chi connectivity index (χ0n) is 9.54. The third-order valence-corrected chi connectivity index (χ3v) is 3.80. The van der Waals surface area contributed by atoms with Crippen LogP contribution in [-0.2, 0) is 14.9 Å². The molecular weight excluding hydrogens is 268 g/mol. The monoisotopic (exact) mass is 284 g/mol. The third kappa shape index (κ3) is 2.47. The molecule has 1 aromatic rings. The van der Waals surface area contributed by atoms with Crippen molar-refractivity contribution in [3.8, 4) is 0 Å². The van der Waals surface area contributed by atoms with E-state index in [-0.39, 0.29) is 5.41 Å². The van der Waals surface area contributed by atoms with Gasteiger partial charge < -0.3 is 9.47 Å². The lowest BCUT2D eigenvalue weighted by atomic mass is 9.75. The summed E-state index contributed by atoms with van der Waals surface area (Å²) in [5.41, 5.74) is 1.49. The highest BCUT2D eigenvalue weighted by molar-refractivity contribution is 9.10. The molecule has 1 fully saturated rings. The summed E-state index contributed by atoms with van der Waals surface area (Å²) in [4.78, 5) is 0. The van der Waals surface area contributed by atoms with Crippen LogP contribution in [0.25, 0.3) is 0 Å². The minimum Gasteiger partial charge on any atom is -0.384 e. The predicted molar refractivity (Wildman–Crippen MR) is 67.7 cm³/mol. The Kier molecular flexibility index (Phi) is 4.00. The van der Waals surface area contributed by atoms with Crippen LogP contribution in [0.15, 0.2) is 28.7 Å². The second-order valence-electron chi connectivity index (χ2n) is 4.34. The second kappa shape index (κ2) is 5.30. The van der Waals surface area contributed by atoms with Crippen LogP contribution >= 0.6 is 15.9 Å². The lowest BCUT2D eigenvalue weighted by Crippen LogP contribution is -2.37. The Morgan fingerprint density at radius 3 is 2.75 bits per heavy atom. The summed E-state index contributed by atoms with van der Waals surface area (Å²) in [5.74, 6) is 0. The Morgan fingerprint density at radius 2 is 2.12 bits per heavy atom. The molecule has 2 nitrogen and oxygen atoms in total. The molecule has 0 radical (unpaired) electrons. The average molecular weight is 285 g/mol. The van der Waals surface area contributed by atoms with Gasteiger partial charge in [-0.1, -0.05) is 28.1 Å². The molecule has 0 spiro atoms. The quantitative estimate of drug-likeness (QED) is 0.849. The van der Waals surface area contributed by atoms with Crippen LogP contribution in [0.3, 0.4) is 0 Å². The van der Waals surface area contributed by atoms with Crippen molar-refractivity contribution < 1.29 is 9.47 Å². The van der Waals surface area contributed by atoms with Crippen molar-refractivity contribution in [1.82, 2.24) is 0 Å². The highest BCUT2D eigenvalue weighted by atomic mass is 79.9. The molecule has 0 bridgehead atoms. The Labute approximate surface area is 105 Å². The molecule has 0 unspecified atom stereocenters.